The average Bonchev–Trinajstić information content (AvgIpc) is 3.13. The summed E-state index contributed by atoms with van der Waals surface area (Å²) >= 11 is 0. The Morgan fingerprint density at radius 1 is 0.903 bits per heavy atom. The lowest BCUT2D eigenvalue weighted by Gasteiger charge is -2.34. The van der Waals surface area contributed by atoms with Crippen molar-refractivity contribution >= 4 is 11.7 Å². The quantitative estimate of drug-likeness (QED) is 0.631. The number of aromatic nitrogens is 2. The number of carbonyl (C=O) groups excluding carboxylic acids is 1. The first-order valence-electron chi connectivity index (χ1n) is 10.3. The Kier molecular flexibility index (Phi) is 5.08. The maximum atomic E-state index is 13.5. The Labute approximate surface area is 179 Å². The summed E-state index contributed by atoms with van der Waals surface area (Å²) in [7, 11) is 0. The summed E-state index contributed by atoms with van der Waals surface area (Å²) in [4.78, 5) is 42.8. The molecule has 0 bridgehead atoms. The highest BCUT2D eigenvalue weighted by Crippen LogP contribution is 2.42. The summed E-state index contributed by atoms with van der Waals surface area (Å²) in [6, 6.07) is 17.5. The molecule has 2 heterocycles. The van der Waals surface area contributed by atoms with Crippen LogP contribution in [0, 0.1) is 5.92 Å². The number of benzene rings is 2. The Morgan fingerprint density at radius 2 is 1.45 bits per heavy atom. The summed E-state index contributed by atoms with van der Waals surface area (Å²) in [5.74, 6) is -0.577. The van der Waals surface area contributed by atoms with Gasteiger partial charge in [-0.05, 0) is 44.0 Å². The monoisotopic (exact) mass is 422 g/mol. The molecule has 0 aliphatic carbocycles. The van der Waals surface area contributed by atoms with Crippen molar-refractivity contribution in [1.82, 2.24) is 14.2 Å². The van der Waals surface area contributed by atoms with Gasteiger partial charge in [0.2, 0.25) is 0 Å². The lowest BCUT2D eigenvalue weighted by molar-refractivity contribution is 0.0905. The van der Waals surface area contributed by atoms with Crippen LogP contribution in [0.15, 0.2) is 74.8 Å². The van der Waals surface area contributed by atoms with Crippen molar-refractivity contribution in [3.8, 4) is 5.69 Å². The molecule has 4 rings (SSSR count). The van der Waals surface area contributed by atoms with Gasteiger partial charge >= 0.3 is 17.5 Å². The standard InChI is InChI=1S/C23H26N4O4/c1-16(2)15-24-20(28)25(17-11-7-5-8-12-17)19(23(24,3)4)27-21(29)26(22(30)31-27)18-13-9-6-10-14-18/h5-14,16,19H,15H2,1-4H3/t19-/m1/s1. The molecule has 0 radical (unpaired) electrons. The lowest BCUT2D eigenvalue weighted by Crippen LogP contribution is -2.48. The van der Waals surface area contributed by atoms with E-state index in [-0.39, 0.29) is 11.9 Å². The Balaban J connectivity index is 1.92. The molecule has 1 fully saturated rings. The van der Waals surface area contributed by atoms with Gasteiger partial charge in [0.05, 0.1) is 11.2 Å². The number of nitrogens with zero attached hydrogens (tertiary/aromatic N) is 4. The minimum absolute atomic E-state index is 0.220. The van der Waals surface area contributed by atoms with E-state index in [0.717, 1.165) is 9.31 Å². The topological polar surface area (TPSA) is 80.7 Å². The van der Waals surface area contributed by atoms with Gasteiger partial charge in [-0.2, -0.15) is 4.57 Å². The minimum Gasteiger partial charge on any atom is -0.315 e. The van der Waals surface area contributed by atoms with Crippen LogP contribution in [0.4, 0.5) is 10.5 Å². The molecule has 3 aromatic rings. The van der Waals surface area contributed by atoms with Crippen molar-refractivity contribution < 1.29 is 9.32 Å². The molecule has 2 amide bonds. The van der Waals surface area contributed by atoms with Crippen LogP contribution in [0.2, 0.25) is 0 Å². The first kappa shape index (κ1) is 20.7. The fraction of sp³-hybridized carbons (Fsp3) is 0.348. The second-order valence-corrected chi connectivity index (χ2v) is 8.66. The molecule has 162 valence electrons. The molecule has 1 aromatic heterocycles. The molecule has 1 atom stereocenters. The van der Waals surface area contributed by atoms with Gasteiger partial charge in [0.15, 0.2) is 6.17 Å². The normalized spacial score (nSPS) is 18.2. The number of anilines is 1. The highest BCUT2D eigenvalue weighted by molar-refractivity contribution is 5.95. The zero-order valence-corrected chi connectivity index (χ0v) is 18.1. The molecule has 0 spiro atoms. The summed E-state index contributed by atoms with van der Waals surface area (Å²) in [5.41, 5.74) is -0.416. The first-order valence-corrected chi connectivity index (χ1v) is 10.3. The fourth-order valence-electron chi connectivity index (χ4n) is 4.14. The number of urea groups is 1. The molecule has 1 saturated heterocycles. The van der Waals surface area contributed by atoms with Crippen LogP contribution in [-0.4, -0.2) is 32.3 Å². The Bertz CT molecular complexity index is 1190. The highest BCUT2D eigenvalue weighted by Gasteiger charge is 2.55. The van der Waals surface area contributed by atoms with Crippen LogP contribution in [0.25, 0.3) is 5.69 Å². The molecule has 2 aromatic carbocycles. The smallest absolute Gasteiger partial charge is 0.315 e. The largest absolute Gasteiger partial charge is 0.447 e. The van der Waals surface area contributed by atoms with E-state index in [9.17, 15) is 14.4 Å². The SMILES string of the molecule is CC(C)CN1C(=O)N(c2ccccc2)[C@H](n2oc(=O)n(-c3ccccc3)c2=O)C1(C)C. The maximum Gasteiger partial charge on any atom is 0.447 e. The third-order valence-electron chi connectivity index (χ3n) is 5.57. The molecule has 31 heavy (non-hydrogen) atoms. The van der Waals surface area contributed by atoms with Crippen molar-refractivity contribution in [2.45, 2.75) is 39.4 Å². The van der Waals surface area contributed by atoms with Gasteiger partial charge in [-0.25, -0.2) is 14.4 Å². The lowest BCUT2D eigenvalue weighted by atomic mass is 9.99. The summed E-state index contributed by atoms with van der Waals surface area (Å²) in [6.07, 6.45) is -0.841. The number of carbonyl (C=O) groups is 1. The number of hydrogen-bond donors (Lipinski definition) is 0. The van der Waals surface area contributed by atoms with Crippen molar-refractivity contribution in [3.05, 3.63) is 81.7 Å². The second-order valence-electron chi connectivity index (χ2n) is 8.66. The van der Waals surface area contributed by atoms with Crippen LogP contribution >= 0.6 is 0 Å². The predicted molar refractivity (Wildman–Crippen MR) is 118 cm³/mol. The minimum atomic E-state index is -0.841. The van der Waals surface area contributed by atoms with Gasteiger partial charge in [-0.15, -0.1) is 4.74 Å². The predicted octanol–water partition coefficient (Wildman–Crippen LogP) is 3.47. The van der Waals surface area contributed by atoms with E-state index >= 15 is 0 Å². The van der Waals surface area contributed by atoms with E-state index in [1.165, 1.54) is 4.90 Å². The fourth-order valence-corrected chi connectivity index (χ4v) is 4.14. The third-order valence-corrected chi connectivity index (χ3v) is 5.57. The van der Waals surface area contributed by atoms with Gasteiger partial charge in [0, 0.05) is 12.2 Å². The van der Waals surface area contributed by atoms with E-state index in [4.69, 9.17) is 4.52 Å². The van der Waals surface area contributed by atoms with E-state index < -0.39 is 23.2 Å². The van der Waals surface area contributed by atoms with E-state index in [1.54, 1.807) is 47.4 Å². The van der Waals surface area contributed by atoms with Crippen molar-refractivity contribution in [1.29, 1.82) is 0 Å². The number of para-hydroxylation sites is 2. The third kappa shape index (κ3) is 3.37. The molecule has 8 heteroatoms. The molecular formula is C23H26N4O4. The summed E-state index contributed by atoms with van der Waals surface area (Å²) < 4.78 is 7.47. The van der Waals surface area contributed by atoms with Gasteiger partial charge < -0.3 is 9.42 Å². The molecule has 0 N–H and O–H groups in total. The van der Waals surface area contributed by atoms with Crippen LogP contribution in [0.1, 0.15) is 33.9 Å². The highest BCUT2D eigenvalue weighted by atomic mass is 16.5. The van der Waals surface area contributed by atoms with Gasteiger partial charge in [-0.1, -0.05) is 50.2 Å². The maximum absolute atomic E-state index is 13.5. The van der Waals surface area contributed by atoms with Crippen molar-refractivity contribution in [3.63, 3.8) is 0 Å². The molecule has 0 saturated carbocycles. The molecule has 8 nitrogen and oxygen atoms in total. The number of rotatable bonds is 5. The number of amides is 2. The molecule has 0 unspecified atom stereocenters. The zero-order valence-electron chi connectivity index (χ0n) is 18.1. The van der Waals surface area contributed by atoms with Gasteiger partial charge in [0.25, 0.3) is 0 Å². The first-order chi connectivity index (χ1) is 14.7. The Morgan fingerprint density at radius 3 is 2.00 bits per heavy atom. The van der Waals surface area contributed by atoms with Crippen LogP contribution < -0.4 is 16.3 Å². The zero-order chi connectivity index (χ0) is 22.3. The van der Waals surface area contributed by atoms with Gasteiger partial charge in [0.1, 0.15) is 0 Å². The Hall–Kier alpha value is -3.55. The summed E-state index contributed by atoms with van der Waals surface area (Å²) in [6.45, 7) is 8.33. The van der Waals surface area contributed by atoms with E-state index in [1.807, 2.05) is 45.9 Å². The van der Waals surface area contributed by atoms with Crippen LogP contribution in [-0.2, 0) is 0 Å². The van der Waals surface area contributed by atoms with E-state index in [2.05, 4.69) is 0 Å². The molecule has 1 aliphatic rings. The number of hydrogen-bond acceptors (Lipinski definition) is 4. The van der Waals surface area contributed by atoms with Gasteiger partial charge in [-0.3, -0.25) is 4.90 Å². The van der Waals surface area contributed by atoms with Crippen molar-refractivity contribution in [2.24, 2.45) is 5.92 Å². The van der Waals surface area contributed by atoms with Crippen molar-refractivity contribution in [2.75, 3.05) is 11.4 Å². The summed E-state index contributed by atoms with van der Waals surface area (Å²) in [5, 5.41) is 0. The van der Waals surface area contributed by atoms with Crippen LogP contribution in [0.5, 0.6) is 0 Å². The molecule has 1 aliphatic heterocycles. The second kappa shape index (κ2) is 7.61. The van der Waals surface area contributed by atoms with E-state index in [0.29, 0.717) is 17.9 Å². The van der Waals surface area contributed by atoms with Crippen LogP contribution in [0.3, 0.4) is 0 Å². The molecular weight excluding hydrogens is 396 g/mol. The average molecular weight is 422 g/mol.